The van der Waals surface area contributed by atoms with Crippen LogP contribution in [0.25, 0.3) is 0 Å². The maximum absolute atomic E-state index is 12.8. The number of ketones is 2. The molecule has 0 aromatic carbocycles. The Morgan fingerprint density at radius 3 is 0.977 bits per heavy atom. The number of aliphatic hydroxyl groups is 3. The average molecular weight is 1810 g/mol. The number of hydrogen-bond acceptors (Lipinski definition) is 11. The molecule has 130 heavy (non-hydrogen) atoms. The zero-order valence-electron chi connectivity index (χ0n) is 81.9. The molecule has 24 aliphatic carbocycles. The summed E-state index contributed by atoms with van der Waals surface area (Å²) in [6, 6.07) is 7.64. The quantitative estimate of drug-likeness (QED) is 0.175. The van der Waals surface area contributed by atoms with E-state index < -0.39 is 21.0 Å². The highest BCUT2D eigenvalue weighted by Gasteiger charge is 2.64. The molecule has 3 N–H and O–H groups in total. The maximum Gasteiger partial charge on any atom is 0.534 e. The third-order valence-electron chi connectivity index (χ3n) is 47.1. The maximum atomic E-state index is 12.8. The van der Waals surface area contributed by atoms with Gasteiger partial charge >= 0.3 is 15.6 Å². The van der Waals surface area contributed by atoms with E-state index in [1.807, 2.05) is 6.92 Å². The van der Waals surface area contributed by atoms with Crippen molar-refractivity contribution < 1.29 is 50.7 Å². The smallest absolute Gasteiger partial charge is 0.393 e. The summed E-state index contributed by atoms with van der Waals surface area (Å²) in [6.07, 6.45) is 69.2. The SMILES string of the molecule is C[C@H]1CC[C@H]2C[C@@H]3[C@H](CC[C@]4(C)C(=O)CC[C@@H]34)CC2C1.C[C@H]1CC[C@H]2C[C@@H]3[C@H](CC[C@]4(C)C(C#N)=CC[C@@H]34)CC2C1.C[C@H]1CC[C@H]2C[C@@H]3[C@H](CC[C@]4(C)C(OS(=O)(=O)C(F)(F)F)=CC[C@@H]34)CC2C1.C[C@]12CC[C@@H]3CC4CC(O)CC[C@H]4C[C@H]3[C@@H]1CC=C2C#N.C[C@]12CC[C@@H]3CC4CC(O)CC[C@H]4C[C@H]3[C@@H]1CCC2=O.C[C@]12CC[C@@H]3CC4CC(O)CC[C@H]4C[C@H]3[C@@H]1CC[C@@H]2C#N. The summed E-state index contributed by atoms with van der Waals surface area (Å²) in [5, 5.41) is 58.3. The molecule has 722 valence electrons. The van der Waals surface area contributed by atoms with E-state index in [4.69, 9.17) is 0 Å². The number of carbonyl (C=O) groups is 2. The lowest BCUT2D eigenvalue weighted by Gasteiger charge is -2.54. The fourth-order valence-corrected chi connectivity index (χ4v) is 40.4. The number of allylic oxidation sites excluding steroid dienone is 6. The molecule has 43 atom stereocenters. The van der Waals surface area contributed by atoms with Gasteiger partial charge in [0, 0.05) is 51.1 Å². The van der Waals surface area contributed by atoms with Crippen molar-refractivity contribution in [1.82, 2.24) is 0 Å². The molecule has 0 heterocycles. The van der Waals surface area contributed by atoms with Crippen LogP contribution in [-0.4, -0.2) is 59.1 Å². The number of nitriles is 3. The number of Topliss-reactive ketones (excluding diaryl/α,β-unsaturated/α-hetero) is 2. The van der Waals surface area contributed by atoms with Crippen molar-refractivity contribution in [2.75, 3.05) is 0 Å². The molecule has 0 bridgehead atoms. The number of carbonyl (C=O) groups excluding carboxylic acids is 2. The lowest BCUT2D eigenvalue weighted by atomic mass is 9.51. The van der Waals surface area contributed by atoms with Gasteiger partial charge in [-0.3, -0.25) is 9.59 Å². The minimum absolute atomic E-state index is 0.0221. The van der Waals surface area contributed by atoms with Gasteiger partial charge in [0.2, 0.25) is 0 Å². The number of aliphatic hydroxyl groups excluding tert-OH is 3. The molecule has 24 aliphatic rings. The van der Waals surface area contributed by atoms with Gasteiger partial charge in [-0.25, -0.2) is 0 Å². The second-order valence-corrected chi connectivity index (χ2v) is 54.6. The van der Waals surface area contributed by atoms with Crippen LogP contribution in [0.15, 0.2) is 35.1 Å². The molecule has 0 amide bonds. The molecule has 0 spiro atoms. The van der Waals surface area contributed by atoms with Crippen LogP contribution in [-0.2, 0) is 23.9 Å². The van der Waals surface area contributed by atoms with Crippen molar-refractivity contribution in [2.24, 2.45) is 234 Å². The highest BCUT2D eigenvalue weighted by Crippen LogP contribution is 2.70. The van der Waals surface area contributed by atoms with Gasteiger partial charge in [0.05, 0.1) is 42.4 Å². The summed E-state index contributed by atoms with van der Waals surface area (Å²) >= 11 is 0. The zero-order valence-corrected chi connectivity index (χ0v) is 82.7. The number of alkyl halides is 3. The molecule has 0 aliphatic heterocycles. The summed E-state index contributed by atoms with van der Waals surface area (Å²) in [4.78, 5) is 24.6. The van der Waals surface area contributed by atoms with Crippen LogP contribution in [0.5, 0.6) is 0 Å². The van der Waals surface area contributed by atoms with Crippen LogP contribution in [0.3, 0.4) is 0 Å². The summed E-state index contributed by atoms with van der Waals surface area (Å²) in [7, 11) is -5.59. The van der Waals surface area contributed by atoms with Crippen LogP contribution in [0.1, 0.15) is 390 Å². The summed E-state index contributed by atoms with van der Waals surface area (Å²) in [6.45, 7) is 20.9. The Labute approximate surface area is 783 Å². The van der Waals surface area contributed by atoms with Gasteiger partial charge in [0.15, 0.2) is 0 Å². The molecule has 15 heteroatoms. The number of hydrogen-bond donors (Lipinski definition) is 3. The average Bonchev–Trinajstić information content (AvgIpc) is 1.62. The fourth-order valence-electron chi connectivity index (χ4n) is 39.8. The van der Waals surface area contributed by atoms with Gasteiger partial charge in [-0.1, -0.05) is 93.7 Å². The predicted molar refractivity (Wildman–Crippen MR) is 505 cm³/mol. The molecule has 0 aromatic rings. The first-order valence-corrected chi connectivity index (χ1v) is 56.9. The van der Waals surface area contributed by atoms with Gasteiger partial charge in [0.25, 0.3) is 0 Å². The Hall–Kier alpha value is -3.55. The Balaban J connectivity index is 0.000000101. The number of halogens is 3. The number of nitrogens with zero attached hydrogens (tertiary/aromatic N) is 3. The van der Waals surface area contributed by atoms with Crippen molar-refractivity contribution in [3.05, 3.63) is 35.1 Å². The second kappa shape index (κ2) is 37.2. The van der Waals surface area contributed by atoms with E-state index in [0.717, 1.165) is 273 Å². The van der Waals surface area contributed by atoms with E-state index in [1.54, 1.807) is 6.08 Å². The van der Waals surface area contributed by atoms with Crippen molar-refractivity contribution in [3.63, 3.8) is 0 Å². The third kappa shape index (κ3) is 17.6. The highest BCUT2D eigenvalue weighted by atomic mass is 32.2. The van der Waals surface area contributed by atoms with Crippen LogP contribution < -0.4 is 0 Å². The molecule has 24 rings (SSSR count). The molecule has 21 saturated carbocycles. The van der Waals surface area contributed by atoms with E-state index in [0.29, 0.717) is 53.5 Å². The molecule has 0 radical (unpaired) electrons. The molecular weight excluding hydrogens is 1640 g/mol. The molecule has 9 unspecified atom stereocenters. The minimum Gasteiger partial charge on any atom is -0.393 e. The minimum atomic E-state index is -5.59. The molecule has 0 aromatic heterocycles. The monoisotopic (exact) mass is 1810 g/mol. The van der Waals surface area contributed by atoms with E-state index >= 15 is 0 Å². The topological polar surface area (TPSA) is 210 Å². The molecular formula is C115H172F3N3O8S. The second-order valence-electron chi connectivity index (χ2n) is 53.0. The first-order chi connectivity index (χ1) is 62.0. The first-order valence-electron chi connectivity index (χ1n) is 55.4. The van der Waals surface area contributed by atoms with Crippen LogP contribution >= 0.6 is 0 Å². The molecule has 0 saturated heterocycles. The van der Waals surface area contributed by atoms with E-state index in [1.165, 1.54) is 225 Å². The Morgan fingerprint density at radius 2 is 0.631 bits per heavy atom. The van der Waals surface area contributed by atoms with Gasteiger partial charge in [-0.05, 0) is 502 Å². The fraction of sp³-hybridized carbons (Fsp3) is 0.904. The van der Waals surface area contributed by atoms with Crippen LogP contribution in [0, 0.1) is 268 Å². The van der Waals surface area contributed by atoms with Crippen molar-refractivity contribution >= 4 is 21.7 Å². The van der Waals surface area contributed by atoms with E-state index in [2.05, 4.69) is 89.9 Å². The predicted octanol–water partition coefficient (Wildman–Crippen LogP) is 27.6. The van der Waals surface area contributed by atoms with E-state index in [9.17, 15) is 62.3 Å². The summed E-state index contributed by atoms with van der Waals surface area (Å²) < 4.78 is 66.1. The van der Waals surface area contributed by atoms with Crippen LogP contribution in [0.4, 0.5) is 13.2 Å². The van der Waals surface area contributed by atoms with Crippen molar-refractivity contribution in [3.8, 4) is 18.2 Å². The first kappa shape index (κ1) is 95.4. The Morgan fingerprint density at radius 1 is 0.331 bits per heavy atom. The molecule has 11 nitrogen and oxygen atoms in total. The number of fused-ring (bicyclic) bond motifs is 24. The van der Waals surface area contributed by atoms with Crippen LogP contribution in [0.2, 0.25) is 0 Å². The van der Waals surface area contributed by atoms with Gasteiger partial charge in [0.1, 0.15) is 17.3 Å². The lowest BCUT2D eigenvalue weighted by Crippen LogP contribution is -2.47. The van der Waals surface area contributed by atoms with Gasteiger partial charge in [-0.2, -0.15) is 37.4 Å². The normalized spacial score (nSPS) is 52.1. The van der Waals surface area contributed by atoms with Crippen molar-refractivity contribution in [1.29, 1.82) is 15.8 Å². The van der Waals surface area contributed by atoms with E-state index in [-0.39, 0.29) is 51.6 Å². The lowest BCUT2D eigenvalue weighted by molar-refractivity contribution is -0.132. The number of rotatable bonds is 2. The summed E-state index contributed by atoms with van der Waals surface area (Å²) in [5.74, 6) is 28.7. The Kier molecular flexibility index (Phi) is 27.3. The highest BCUT2D eigenvalue weighted by molar-refractivity contribution is 7.87. The largest absolute Gasteiger partial charge is 0.534 e. The van der Waals surface area contributed by atoms with Gasteiger partial charge in [-0.15, -0.1) is 0 Å². The zero-order chi connectivity index (χ0) is 91.3. The Bertz CT molecular complexity index is 4220. The van der Waals surface area contributed by atoms with Gasteiger partial charge < -0.3 is 19.5 Å². The summed E-state index contributed by atoms with van der Waals surface area (Å²) in [5.41, 5.74) is -2.95. The van der Waals surface area contributed by atoms with Crippen molar-refractivity contribution in [2.45, 2.75) is 414 Å². The molecule has 21 fully saturated rings. The third-order valence-corrected chi connectivity index (χ3v) is 48.1. The standard InChI is InChI=1S/C20H29F3O3S.C20H29N.C19H29NO.C19H27NO.C19H30O.C18H28O2/c1-12-3-4-13-11-16-14(10-15(13)9-12)7-8-19(2)17(16)5-6-18(19)26-27(24,25)20(21,22)23;1-13-3-4-14-11-18-15(10-16(14)9-13)7-8-20(2)17(12-21)5-6-19(18)20;2*1-19-7-6-13-8-14-9-16(21)4-2-12(14)10-17(13)18(19)5-3-15(19)11-20;1-12-3-4-13-11-16-14(10-15(13)9-12)7-8-19(2)17(16)5-6-18(19)20;1-18-7-6-12-8-13-9-14(19)3-2-11(13)10-15(12)16(18)4-5-17(18)20/h6,12-17H,3-5,7-11H2,1-2H3;5,13-16,18-19H,3-4,6-11H2,1-2H3;12-18,21H,2-10H2,1H3;3,12-14,16-18,21H,2,4-10H2,1H3;12-17H,3-11H2,1-2H3;11-16,19H,2-10H2,1H3/t12-,13-,14+,15?,16+,17-,19-;13-,14-,15+,16?,18+,19-,20+;12-,13+,14?,15+,16?,17+,18-,19+;12-,13+,14?,16?,17+,18-,19+;12-,13-,14+,15?,16+,17-,19-;11-,12+,13?,14?,15+,16-,18-/m000000/s1.